The molecule has 3 N–H and O–H groups in total. The third kappa shape index (κ3) is 6.43. The Labute approximate surface area is 99.8 Å². The summed E-state index contributed by atoms with van der Waals surface area (Å²) in [6, 6.07) is 0. The topological polar surface area (TPSA) is 58.7 Å². The van der Waals surface area contributed by atoms with Gasteiger partial charge in [-0.15, -0.1) is 0 Å². The molecule has 0 amide bonds. The molecule has 0 aliphatic rings. The Hall–Kier alpha value is -0.160. The first-order valence-electron chi connectivity index (χ1n) is 6.25. The molecule has 0 radical (unpaired) electrons. The standard InChI is InChI=1S/C12H28N2O2/c1-4-12(15,11-13)7-6-8-14(5-2)9-10-16-3/h15H,4-11,13H2,1-3H3. The quantitative estimate of drug-likeness (QED) is 0.586. The average molecular weight is 232 g/mol. The van der Waals surface area contributed by atoms with Crippen molar-refractivity contribution in [2.24, 2.45) is 5.73 Å². The van der Waals surface area contributed by atoms with Crippen LogP contribution in [0.4, 0.5) is 0 Å². The molecule has 1 atom stereocenters. The fraction of sp³-hybridized carbons (Fsp3) is 1.00. The first-order valence-corrected chi connectivity index (χ1v) is 6.25. The van der Waals surface area contributed by atoms with E-state index in [-0.39, 0.29) is 0 Å². The molecule has 1 unspecified atom stereocenters. The summed E-state index contributed by atoms with van der Waals surface area (Å²) in [4.78, 5) is 2.33. The van der Waals surface area contributed by atoms with Gasteiger partial charge in [0, 0.05) is 20.2 Å². The molecular weight excluding hydrogens is 204 g/mol. The second-order valence-electron chi connectivity index (χ2n) is 4.31. The lowest BCUT2D eigenvalue weighted by Gasteiger charge is -2.27. The highest BCUT2D eigenvalue weighted by Crippen LogP contribution is 2.15. The fourth-order valence-electron chi connectivity index (χ4n) is 1.70. The summed E-state index contributed by atoms with van der Waals surface area (Å²) in [5, 5.41) is 10.0. The van der Waals surface area contributed by atoms with Crippen LogP contribution >= 0.6 is 0 Å². The van der Waals surface area contributed by atoms with Gasteiger partial charge in [-0.05, 0) is 32.4 Å². The summed E-state index contributed by atoms with van der Waals surface area (Å²) >= 11 is 0. The lowest BCUT2D eigenvalue weighted by Crippen LogP contribution is -2.38. The maximum absolute atomic E-state index is 10.0. The SMILES string of the molecule is CCN(CCCC(O)(CC)CN)CCOC. The molecule has 0 saturated carbocycles. The minimum absolute atomic E-state index is 0.355. The van der Waals surface area contributed by atoms with E-state index in [2.05, 4.69) is 11.8 Å². The van der Waals surface area contributed by atoms with Crippen LogP contribution in [0.2, 0.25) is 0 Å². The van der Waals surface area contributed by atoms with E-state index in [1.807, 2.05) is 6.92 Å². The summed E-state index contributed by atoms with van der Waals surface area (Å²) < 4.78 is 5.05. The van der Waals surface area contributed by atoms with Gasteiger partial charge < -0.3 is 20.5 Å². The zero-order valence-corrected chi connectivity index (χ0v) is 11.0. The van der Waals surface area contributed by atoms with E-state index in [1.54, 1.807) is 7.11 Å². The van der Waals surface area contributed by atoms with Crippen LogP contribution in [-0.4, -0.2) is 55.5 Å². The van der Waals surface area contributed by atoms with Crippen LogP contribution in [0.5, 0.6) is 0 Å². The largest absolute Gasteiger partial charge is 0.389 e. The van der Waals surface area contributed by atoms with Crippen molar-refractivity contribution in [2.45, 2.75) is 38.7 Å². The normalized spacial score (nSPS) is 15.4. The third-order valence-electron chi connectivity index (χ3n) is 3.21. The number of nitrogens with zero attached hydrogens (tertiary/aromatic N) is 1. The van der Waals surface area contributed by atoms with Crippen molar-refractivity contribution < 1.29 is 9.84 Å². The molecule has 98 valence electrons. The molecule has 0 aromatic carbocycles. The van der Waals surface area contributed by atoms with Crippen LogP contribution in [0.3, 0.4) is 0 Å². The van der Waals surface area contributed by atoms with Gasteiger partial charge in [0.05, 0.1) is 12.2 Å². The summed E-state index contributed by atoms with van der Waals surface area (Å²) in [5.41, 5.74) is 4.90. The molecule has 4 nitrogen and oxygen atoms in total. The van der Waals surface area contributed by atoms with Crippen molar-refractivity contribution in [3.05, 3.63) is 0 Å². The van der Waals surface area contributed by atoms with E-state index in [0.717, 1.165) is 45.5 Å². The molecule has 0 spiro atoms. The first kappa shape index (κ1) is 15.8. The van der Waals surface area contributed by atoms with Gasteiger partial charge in [0.1, 0.15) is 0 Å². The lowest BCUT2D eigenvalue weighted by molar-refractivity contribution is 0.0310. The Morgan fingerprint density at radius 1 is 1.31 bits per heavy atom. The molecule has 0 aromatic rings. The predicted octanol–water partition coefficient (Wildman–Crippen LogP) is 0.835. The van der Waals surface area contributed by atoms with Crippen molar-refractivity contribution in [1.82, 2.24) is 4.90 Å². The van der Waals surface area contributed by atoms with Gasteiger partial charge in [0.2, 0.25) is 0 Å². The van der Waals surface area contributed by atoms with Crippen molar-refractivity contribution >= 4 is 0 Å². The number of hydrogen-bond donors (Lipinski definition) is 2. The molecule has 4 heteroatoms. The second-order valence-corrected chi connectivity index (χ2v) is 4.31. The molecule has 0 bridgehead atoms. The Kier molecular flexibility index (Phi) is 8.84. The summed E-state index contributed by atoms with van der Waals surface area (Å²) in [6.07, 6.45) is 2.50. The van der Waals surface area contributed by atoms with E-state index in [1.165, 1.54) is 0 Å². The molecule has 0 saturated heterocycles. The number of hydrogen-bond acceptors (Lipinski definition) is 4. The maximum atomic E-state index is 10.0. The molecule has 0 aliphatic carbocycles. The number of likely N-dealkylation sites (N-methyl/N-ethyl adjacent to an activating group) is 1. The highest BCUT2D eigenvalue weighted by atomic mass is 16.5. The summed E-state index contributed by atoms with van der Waals surface area (Å²) in [5.74, 6) is 0. The number of methoxy groups -OCH3 is 1. The fourth-order valence-corrected chi connectivity index (χ4v) is 1.70. The average Bonchev–Trinajstić information content (AvgIpc) is 2.33. The third-order valence-corrected chi connectivity index (χ3v) is 3.21. The molecule has 0 aromatic heterocycles. The summed E-state index contributed by atoms with van der Waals surface area (Å²) in [6.45, 7) is 8.23. The molecule has 0 rings (SSSR count). The zero-order chi connectivity index (χ0) is 12.4. The monoisotopic (exact) mass is 232 g/mol. The van der Waals surface area contributed by atoms with Crippen molar-refractivity contribution in [2.75, 3.05) is 39.9 Å². The van der Waals surface area contributed by atoms with Crippen LogP contribution < -0.4 is 5.73 Å². The van der Waals surface area contributed by atoms with E-state index in [4.69, 9.17) is 10.5 Å². The molecule has 0 aliphatic heterocycles. The van der Waals surface area contributed by atoms with Gasteiger partial charge in [-0.2, -0.15) is 0 Å². The maximum Gasteiger partial charge on any atom is 0.0767 e. The number of ether oxygens (including phenoxy) is 1. The van der Waals surface area contributed by atoms with Gasteiger partial charge in [-0.25, -0.2) is 0 Å². The lowest BCUT2D eigenvalue weighted by atomic mass is 9.95. The van der Waals surface area contributed by atoms with Gasteiger partial charge in [-0.1, -0.05) is 13.8 Å². The van der Waals surface area contributed by atoms with Gasteiger partial charge in [0.25, 0.3) is 0 Å². The highest BCUT2D eigenvalue weighted by molar-refractivity contribution is 4.77. The number of rotatable bonds is 10. The second kappa shape index (κ2) is 8.93. The minimum atomic E-state index is -0.666. The van der Waals surface area contributed by atoms with Crippen LogP contribution in [0.1, 0.15) is 33.1 Å². The van der Waals surface area contributed by atoms with E-state index < -0.39 is 5.60 Å². The Morgan fingerprint density at radius 2 is 2.00 bits per heavy atom. The molecular formula is C12H28N2O2. The van der Waals surface area contributed by atoms with Gasteiger partial charge in [0.15, 0.2) is 0 Å². The summed E-state index contributed by atoms with van der Waals surface area (Å²) in [7, 11) is 1.72. The molecule has 16 heavy (non-hydrogen) atoms. The van der Waals surface area contributed by atoms with E-state index in [9.17, 15) is 5.11 Å². The van der Waals surface area contributed by atoms with Crippen LogP contribution in [0.15, 0.2) is 0 Å². The Bertz CT molecular complexity index is 161. The van der Waals surface area contributed by atoms with Crippen molar-refractivity contribution in [1.29, 1.82) is 0 Å². The van der Waals surface area contributed by atoms with Crippen molar-refractivity contribution in [3.8, 4) is 0 Å². The predicted molar refractivity (Wildman–Crippen MR) is 67.5 cm³/mol. The van der Waals surface area contributed by atoms with Crippen LogP contribution in [-0.2, 0) is 4.74 Å². The van der Waals surface area contributed by atoms with Gasteiger partial charge >= 0.3 is 0 Å². The number of nitrogens with two attached hydrogens (primary N) is 1. The zero-order valence-electron chi connectivity index (χ0n) is 11.0. The van der Waals surface area contributed by atoms with E-state index in [0.29, 0.717) is 6.54 Å². The van der Waals surface area contributed by atoms with Crippen LogP contribution in [0, 0.1) is 0 Å². The highest BCUT2D eigenvalue weighted by Gasteiger charge is 2.21. The Morgan fingerprint density at radius 3 is 2.44 bits per heavy atom. The number of aliphatic hydroxyl groups is 1. The molecule has 0 fully saturated rings. The molecule has 0 heterocycles. The smallest absolute Gasteiger partial charge is 0.0767 e. The first-order chi connectivity index (χ1) is 7.61. The van der Waals surface area contributed by atoms with Crippen LogP contribution in [0.25, 0.3) is 0 Å². The minimum Gasteiger partial charge on any atom is -0.389 e. The van der Waals surface area contributed by atoms with Crippen molar-refractivity contribution in [3.63, 3.8) is 0 Å². The Balaban J connectivity index is 3.76. The van der Waals surface area contributed by atoms with E-state index >= 15 is 0 Å². The van der Waals surface area contributed by atoms with Gasteiger partial charge in [-0.3, -0.25) is 0 Å².